The molecule has 0 spiro atoms. The summed E-state index contributed by atoms with van der Waals surface area (Å²) in [5, 5.41) is 10.5. The van der Waals surface area contributed by atoms with Gasteiger partial charge in [0, 0.05) is 13.2 Å². The van der Waals surface area contributed by atoms with Crippen LogP contribution in [0.3, 0.4) is 0 Å². The zero-order valence-corrected chi connectivity index (χ0v) is 6.70. The number of azo groups is 1. The molecule has 0 saturated carbocycles. The van der Waals surface area contributed by atoms with Gasteiger partial charge in [0.25, 0.3) is 0 Å². The van der Waals surface area contributed by atoms with Gasteiger partial charge in [0.2, 0.25) is 0 Å². The van der Waals surface area contributed by atoms with E-state index in [9.17, 15) is 0 Å². The molecule has 1 aliphatic heterocycles. The number of rotatable bonds is 1. The fraction of sp³-hybridized carbons (Fsp3) is 0.429. The number of hydrogen-bond acceptors (Lipinski definition) is 4. The van der Waals surface area contributed by atoms with Gasteiger partial charge < -0.3 is 11.1 Å². The summed E-state index contributed by atoms with van der Waals surface area (Å²) in [6.45, 7) is 1.89. The molecule has 0 bridgehead atoms. The van der Waals surface area contributed by atoms with Crippen molar-refractivity contribution in [3.8, 4) is 0 Å². The van der Waals surface area contributed by atoms with Gasteiger partial charge in [-0.1, -0.05) is 0 Å². The molecular formula is C7H12N4. The van der Waals surface area contributed by atoms with Crippen molar-refractivity contribution in [2.24, 2.45) is 16.0 Å². The first-order chi connectivity index (χ1) is 5.14. The van der Waals surface area contributed by atoms with Crippen LogP contribution < -0.4 is 11.1 Å². The largest absolute Gasteiger partial charge is 0.372 e. The van der Waals surface area contributed by atoms with Gasteiger partial charge in [-0.2, -0.15) is 5.11 Å². The van der Waals surface area contributed by atoms with Crippen molar-refractivity contribution < 1.29 is 0 Å². The Balaban J connectivity index is 2.90. The summed E-state index contributed by atoms with van der Waals surface area (Å²) in [7, 11) is 1.78. The molecule has 0 radical (unpaired) electrons. The van der Waals surface area contributed by atoms with E-state index < -0.39 is 5.54 Å². The van der Waals surface area contributed by atoms with Crippen LogP contribution >= 0.6 is 0 Å². The van der Waals surface area contributed by atoms with Crippen LogP contribution in [0.15, 0.2) is 34.4 Å². The monoisotopic (exact) mass is 152 g/mol. The Morgan fingerprint density at radius 3 is 3.00 bits per heavy atom. The van der Waals surface area contributed by atoms with E-state index in [1.165, 1.54) is 0 Å². The van der Waals surface area contributed by atoms with Crippen molar-refractivity contribution >= 4 is 0 Å². The third-order valence-electron chi connectivity index (χ3n) is 1.37. The van der Waals surface area contributed by atoms with Gasteiger partial charge in [0.1, 0.15) is 5.82 Å². The lowest BCUT2D eigenvalue weighted by molar-refractivity contribution is 0.720. The van der Waals surface area contributed by atoms with Gasteiger partial charge in [-0.05, 0) is 19.1 Å². The first-order valence-corrected chi connectivity index (χ1v) is 3.42. The van der Waals surface area contributed by atoms with Crippen molar-refractivity contribution in [2.45, 2.75) is 12.5 Å². The Morgan fingerprint density at radius 2 is 2.36 bits per heavy atom. The van der Waals surface area contributed by atoms with Gasteiger partial charge in [-0.15, -0.1) is 5.11 Å². The van der Waals surface area contributed by atoms with Gasteiger partial charge in [0.05, 0.1) is 5.54 Å². The lowest BCUT2D eigenvalue weighted by Crippen LogP contribution is -2.31. The van der Waals surface area contributed by atoms with Crippen LogP contribution in [0.25, 0.3) is 0 Å². The van der Waals surface area contributed by atoms with E-state index >= 15 is 0 Å². The Hall–Kier alpha value is -1.16. The fourth-order valence-electron chi connectivity index (χ4n) is 0.783. The van der Waals surface area contributed by atoms with Crippen molar-refractivity contribution in [3.05, 3.63) is 24.2 Å². The summed E-state index contributed by atoms with van der Waals surface area (Å²) >= 11 is 0. The molecular weight excluding hydrogens is 140 g/mol. The number of nitrogens with one attached hydrogen (secondary N) is 1. The zero-order chi connectivity index (χ0) is 8.32. The molecule has 1 unspecified atom stereocenters. The highest BCUT2D eigenvalue weighted by Gasteiger charge is 2.13. The lowest BCUT2D eigenvalue weighted by Gasteiger charge is -2.13. The maximum Gasteiger partial charge on any atom is 0.146 e. The second-order valence-corrected chi connectivity index (χ2v) is 2.68. The number of nitrogens with two attached hydrogens (primary N) is 1. The quantitative estimate of drug-likeness (QED) is 0.582. The molecule has 1 atom stereocenters. The Bertz CT molecular complexity index is 225. The van der Waals surface area contributed by atoms with E-state index in [2.05, 4.69) is 15.5 Å². The summed E-state index contributed by atoms with van der Waals surface area (Å²) in [4.78, 5) is 0. The smallest absolute Gasteiger partial charge is 0.146 e. The van der Waals surface area contributed by atoms with E-state index in [1.54, 1.807) is 19.3 Å². The summed E-state index contributed by atoms with van der Waals surface area (Å²) in [6.07, 6.45) is 5.21. The minimum Gasteiger partial charge on any atom is -0.372 e. The summed E-state index contributed by atoms with van der Waals surface area (Å²) in [5.74, 6) is 0.694. The van der Waals surface area contributed by atoms with Crippen molar-refractivity contribution in [1.82, 2.24) is 5.32 Å². The fourth-order valence-corrected chi connectivity index (χ4v) is 0.783. The molecule has 1 aliphatic rings. The third-order valence-corrected chi connectivity index (χ3v) is 1.37. The SMILES string of the molecule is CNC1=CC(C)(N)C=CN=N1. The molecule has 1 rings (SSSR count). The van der Waals surface area contributed by atoms with Gasteiger partial charge in [-0.25, -0.2) is 0 Å². The van der Waals surface area contributed by atoms with Crippen LogP contribution in [0.5, 0.6) is 0 Å². The summed E-state index contributed by atoms with van der Waals surface area (Å²) in [5.41, 5.74) is 5.36. The average molecular weight is 152 g/mol. The second kappa shape index (κ2) is 2.84. The Morgan fingerprint density at radius 1 is 1.64 bits per heavy atom. The van der Waals surface area contributed by atoms with Gasteiger partial charge in [0.15, 0.2) is 0 Å². The van der Waals surface area contributed by atoms with Crippen LogP contribution in [0.1, 0.15) is 6.92 Å². The van der Waals surface area contributed by atoms with E-state index in [1.807, 2.05) is 13.0 Å². The standard InChI is InChI=1S/C7H12N4/c1-7(8)3-4-10-11-6(5-7)9-2/h3-5,9H,8H2,1-2H3. The minimum atomic E-state index is -0.457. The Kier molecular flexibility index (Phi) is 2.05. The highest BCUT2D eigenvalue weighted by atomic mass is 15.2. The molecule has 0 amide bonds. The average Bonchev–Trinajstić information content (AvgIpc) is 2.10. The number of nitrogens with zero attached hydrogens (tertiary/aromatic N) is 2. The summed E-state index contributed by atoms with van der Waals surface area (Å²) in [6, 6.07) is 0. The summed E-state index contributed by atoms with van der Waals surface area (Å²) < 4.78 is 0. The predicted molar refractivity (Wildman–Crippen MR) is 43.7 cm³/mol. The molecule has 0 aromatic carbocycles. The maximum absolute atomic E-state index is 5.82. The number of hydrogen-bond donors (Lipinski definition) is 2. The van der Waals surface area contributed by atoms with Gasteiger partial charge >= 0.3 is 0 Å². The molecule has 0 aromatic rings. The molecule has 0 aromatic heterocycles. The van der Waals surface area contributed by atoms with Crippen LogP contribution in [0.4, 0.5) is 0 Å². The van der Waals surface area contributed by atoms with Crippen LogP contribution in [0.2, 0.25) is 0 Å². The van der Waals surface area contributed by atoms with Crippen LogP contribution in [0, 0.1) is 0 Å². The van der Waals surface area contributed by atoms with Crippen molar-refractivity contribution in [3.63, 3.8) is 0 Å². The first-order valence-electron chi connectivity index (χ1n) is 3.42. The first kappa shape index (κ1) is 7.94. The molecule has 60 valence electrons. The lowest BCUT2D eigenvalue weighted by atomic mass is 10.0. The Labute approximate surface area is 65.9 Å². The minimum absolute atomic E-state index is 0.457. The molecule has 11 heavy (non-hydrogen) atoms. The molecule has 0 saturated heterocycles. The molecule has 1 heterocycles. The van der Waals surface area contributed by atoms with Crippen molar-refractivity contribution in [1.29, 1.82) is 0 Å². The van der Waals surface area contributed by atoms with E-state index in [-0.39, 0.29) is 0 Å². The molecule has 0 aliphatic carbocycles. The van der Waals surface area contributed by atoms with Crippen molar-refractivity contribution in [2.75, 3.05) is 7.05 Å². The third kappa shape index (κ3) is 2.16. The second-order valence-electron chi connectivity index (χ2n) is 2.68. The van der Waals surface area contributed by atoms with E-state index in [0.29, 0.717) is 5.82 Å². The highest BCUT2D eigenvalue weighted by molar-refractivity contribution is 5.19. The van der Waals surface area contributed by atoms with E-state index in [4.69, 9.17) is 5.73 Å². The van der Waals surface area contributed by atoms with Crippen LogP contribution in [-0.4, -0.2) is 12.6 Å². The normalized spacial score (nSPS) is 29.5. The highest BCUT2D eigenvalue weighted by Crippen LogP contribution is 2.10. The molecule has 4 nitrogen and oxygen atoms in total. The van der Waals surface area contributed by atoms with Gasteiger partial charge in [-0.3, -0.25) is 0 Å². The zero-order valence-electron chi connectivity index (χ0n) is 6.70. The topological polar surface area (TPSA) is 62.8 Å². The predicted octanol–water partition coefficient (Wildman–Crippen LogP) is 0.744. The van der Waals surface area contributed by atoms with Crippen LogP contribution in [-0.2, 0) is 0 Å². The maximum atomic E-state index is 5.82. The molecule has 0 fully saturated rings. The molecule has 3 N–H and O–H groups in total. The molecule has 4 heteroatoms. The van der Waals surface area contributed by atoms with E-state index in [0.717, 1.165) is 0 Å².